The third kappa shape index (κ3) is 6.71. The van der Waals surface area contributed by atoms with E-state index in [1.165, 1.54) is 0 Å². The molecule has 2 unspecified atom stereocenters. The van der Waals surface area contributed by atoms with Crippen molar-refractivity contribution in [3.05, 3.63) is 35.9 Å². The van der Waals surface area contributed by atoms with Crippen LogP contribution in [0.25, 0.3) is 0 Å². The van der Waals surface area contributed by atoms with E-state index in [0.29, 0.717) is 18.7 Å². The molecule has 5 nitrogen and oxygen atoms in total. The van der Waals surface area contributed by atoms with Crippen LogP contribution in [0.5, 0.6) is 0 Å². The summed E-state index contributed by atoms with van der Waals surface area (Å²) >= 11 is 0. The van der Waals surface area contributed by atoms with Crippen LogP contribution in [0.4, 0.5) is 4.79 Å². The fraction of sp³-hybridized carbons (Fsp3) is 0.588. The van der Waals surface area contributed by atoms with Crippen LogP contribution in [0, 0.1) is 0 Å². The minimum Gasteiger partial charge on any atom is -0.445 e. The van der Waals surface area contributed by atoms with Crippen molar-refractivity contribution in [3.63, 3.8) is 0 Å². The lowest BCUT2D eigenvalue weighted by Crippen LogP contribution is -2.54. The number of carbonyl (C=O) groups is 1. The largest absolute Gasteiger partial charge is 0.445 e. The van der Waals surface area contributed by atoms with E-state index in [2.05, 4.69) is 17.6 Å². The minimum absolute atomic E-state index is 0.184. The van der Waals surface area contributed by atoms with Crippen molar-refractivity contribution in [1.82, 2.24) is 10.6 Å². The first-order chi connectivity index (χ1) is 11.0. The summed E-state index contributed by atoms with van der Waals surface area (Å²) in [5, 5.41) is 6.40. The highest BCUT2D eigenvalue weighted by Crippen LogP contribution is 2.21. The first-order valence-corrected chi connectivity index (χ1v) is 9.79. The molecule has 1 aliphatic rings. The molecule has 1 amide bonds. The summed E-state index contributed by atoms with van der Waals surface area (Å²) in [5.74, 6) is 0.731. The smallest absolute Gasteiger partial charge is 0.407 e. The van der Waals surface area contributed by atoms with Gasteiger partial charge in [-0.25, -0.2) is 4.79 Å². The molecule has 1 aromatic rings. The van der Waals surface area contributed by atoms with E-state index < -0.39 is 10.8 Å². The minimum atomic E-state index is -0.732. The lowest BCUT2D eigenvalue weighted by molar-refractivity contribution is 0.124. The number of ether oxygens (including phenoxy) is 1. The predicted molar refractivity (Wildman–Crippen MR) is 92.7 cm³/mol. The zero-order valence-electron chi connectivity index (χ0n) is 13.8. The molecule has 1 saturated carbocycles. The van der Waals surface area contributed by atoms with E-state index in [1.807, 2.05) is 30.3 Å². The number of benzene rings is 1. The maximum Gasteiger partial charge on any atom is 0.407 e. The maximum absolute atomic E-state index is 11.7. The first kappa shape index (κ1) is 17.9. The number of rotatable bonds is 8. The Labute approximate surface area is 140 Å². The molecule has 0 aromatic heterocycles. The Bertz CT molecular complexity index is 518. The lowest BCUT2D eigenvalue weighted by Gasteiger charge is -2.37. The van der Waals surface area contributed by atoms with Crippen molar-refractivity contribution in [2.75, 3.05) is 12.0 Å². The molecule has 0 aliphatic heterocycles. The van der Waals surface area contributed by atoms with Crippen molar-refractivity contribution < 1.29 is 13.7 Å². The number of nitrogens with one attached hydrogen (secondary N) is 2. The monoisotopic (exact) mass is 338 g/mol. The van der Waals surface area contributed by atoms with Gasteiger partial charge in [-0.3, -0.25) is 4.21 Å². The summed E-state index contributed by atoms with van der Waals surface area (Å²) < 4.78 is 16.3. The lowest BCUT2D eigenvalue weighted by atomic mass is 9.86. The van der Waals surface area contributed by atoms with Gasteiger partial charge in [-0.15, -0.1) is 0 Å². The third-order valence-electron chi connectivity index (χ3n) is 4.03. The highest BCUT2D eigenvalue weighted by molar-refractivity contribution is 7.84. The van der Waals surface area contributed by atoms with Gasteiger partial charge in [-0.2, -0.15) is 0 Å². The Kier molecular flexibility index (Phi) is 7.05. The molecule has 2 N–H and O–H groups in total. The van der Waals surface area contributed by atoms with Crippen LogP contribution in [0.1, 0.15) is 31.7 Å². The van der Waals surface area contributed by atoms with Gasteiger partial charge in [-0.05, 0) is 31.7 Å². The van der Waals surface area contributed by atoms with Gasteiger partial charge in [0.05, 0.1) is 0 Å². The topological polar surface area (TPSA) is 67.4 Å². The third-order valence-corrected chi connectivity index (χ3v) is 4.84. The molecule has 0 heterocycles. The van der Waals surface area contributed by atoms with Crippen LogP contribution in [-0.4, -0.2) is 40.4 Å². The number of alkyl carbamates (subject to hydrolysis) is 1. The van der Waals surface area contributed by atoms with E-state index >= 15 is 0 Å². The second-order valence-corrected chi connectivity index (χ2v) is 7.76. The molecule has 1 aliphatic carbocycles. The second kappa shape index (κ2) is 9.03. The Morgan fingerprint density at radius 3 is 2.65 bits per heavy atom. The van der Waals surface area contributed by atoms with Crippen LogP contribution in [-0.2, 0) is 22.1 Å². The number of hydrogen-bond acceptors (Lipinski definition) is 4. The van der Waals surface area contributed by atoms with Gasteiger partial charge in [0.25, 0.3) is 0 Å². The van der Waals surface area contributed by atoms with Gasteiger partial charge in [0, 0.05) is 40.9 Å². The average molecular weight is 338 g/mol. The summed E-state index contributed by atoms with van der Waals surface area (Å²) in [5.41, 5.74) is 0.984. The Balaban J connectivity index is 1.56. The van der Waals surface area contributed by atoms with Crippen LogP contribution < -0.4 is 10.6 Å². The van der Waals surface area contributed by atoms with Crippen molar-refractivity contribution in [2.24, 2.45) is 0 Å². The SMILES string of the molecule is CC(CCS(C)=O)NC1CC(NC(=O)OCc2ccccc2)C1. The molecule has 6 heteroatoms. The summed E-state index contributed by atoms with van der Waals surface area (Å²) in [6.45, 7) is 2.41. The number of carbonyl (C=O) groups excluding carboxylic acids is 1. The van der Waals surface area contributed by atoms with Crippen molar-refractivity contribution in [3.8, 4) is 0 Å². The number of hydrogen-bond donors (Lipinski definition) is 2. The summed E-state index contributed by atoms with van der Waals surface area (Å²) in [7, 11) is -0.732. The molecule has 0 bridgehead atoms. The van der Waals surface area contributed by atoms with Gasteiger partial charge < -0.3 is 15.4 Å². The molecule has 23 heavy (non-hydrogen) atoms. The van der Waals surface area contributed by atoms with Gasteiger partial charge in [0.15, 0.2) is 0 Å². The quantitative estimate of drug-likeness (QED) is 0.762. The molecule has 2 rings (SSSR count). The molecule has 2 atom stereocenters. The summed E-state index contributed by atoms with van der Waals surface area (Å²) in [6, 6.07) is 10.6. The molecule has 0 spiro atoms. The Morgan fingerprint density at radius 1 is 1.30 bits per heavy atom. The maximum atomic E-state index is 11.7. The normalized spacial score (nSPS) is 22.7. The van der Waals surface area contributed by atoms with Crippen molar-refractivity contribution in [2.45, 2.75) is 50.9 Å². The van der Waals surface area contributed by atoms with Crippen LogP contribution in [0.3, 0.4) is 0 Å². The molecule has 1 fully saturated rings. The molecule has 0 radical (unpaired) electrons. The summed E-state index contributed by atoms with van der Waals surface area (Å²) in [4.78, 5) is 11.7. The molecular formula is C17H26N2O3S. The first-order valence-electron chi connectivity index (χ1n) is 8.06. The van der Waals surface area contributed by atoms with Crippen molar-refractivity contribution >= 4 is 16.9 Å². The average Bonchev–Trinajstić information content (AvgIpc) is 2.50. The molecule has 1 aromatic carbocycles. The highest BCUT2D eigenvalue weighted by Gasteiger charge is 2.31. The van der Waals surface area contributed by atoms with Crippen LogP contribution in [0.2, 0.25) is 0 Å². The van der Waals surface area contributed by atoms with Gasteiger partial charge in [0.1, 0.15) is 6.61 Å². The molecule has 128 valence electrons. The Hall–Kier alpha value is -1.40. The second-order valence-electron chi connectivity index (χ2n) is 6.21. The summed E-state index contributed by atoms with van der Waals surface area (Å²) in [6.07, 6.45) is 4.13. The zero-order chi connectivity index (χ0) is 16.7. The molecule has 0 saturated heterocycles. The van der Waals surface area contributed by atoms with Gasteiger partial charge in [-0.1, -0.05) is 30.3 Å². The van der Waals surface area contributed by atoms with E-state index in [1.54, 1.807) is 6.26 Å². The van der Waals surface area contributed by atoms with E-state index in [-0.39, 0.29) is 12.1 Å². The fourth-order valence-corrected chi connectivity index (χ4v) is 3.32. The standard InChI is InChI=1S/C17H26N2O3S/c1-13(8-9-23(2)21)18-15-10-16(11-15)19-17(20)22-12-14-6-4-3-5-7-14/h3-7,13,15-16,18H,8-12H2,1-2H3,(H,19,20). The molecular weight excluding hydrogens is 312 g/mol. The fourth-order valence-electron chi connectivity index (χ4n) is 2.63. The Morgan fingerprint density at radius 2 is 2.00 bits per heavy atom. The van der Waals surface area contributed by atoms with Gasteiger partial charge in [0.2, 0.25) is 0 Å². The van der Waals surface area contributed by atoms with E-state index in [0.717, 1.165) is 30.6 Å². The highest BCUT2D eigenvalue weighted by atomic mass is 32.2. The van der Waals surface area contributed by atoms with Crippen molar-refractivity contribution in [1.29, 1.82) is 0 Å². The number of amides is 1. The predicted octanol–water partition coefficient (Wildman–Crippen LogP) is 2.19. The van der Waals surface area contributed by atoms with E-state index in [9.17, 15) is 9.00 Å². The zero-order valence-corrected chi connectivity index (χ0v) is 14.6. The van der Waals surface area contributed by atoms with Crippen LogP contribution >= 0.6 is 0 Å². The van der Waals surface area contributed by atoms with E-state index in [4.69, 9.17) is 4.74 Å². The van der Waals surface area contributed by atoms with Gasteiger partial charge >= 0.3 is 6.09 Å². The van der Waals surface area contributed by atoms with Crippen LogP contribution in [0.15, 0.2) is 30.3 Å².